The number of thiazole rings is 1. The van der Waals surface area contributed by atoms with Crippen LogP contribution in [0.3, 0.4) is 0 Å². The van der Waals surface area contributed by atoms with Crippen LogP contribution in [-0.2, 0) is 6.42 Å². The van der Waals surface area contributed by atoms with Crippen LogP contribution in [0.25, 0.3) is 10.2 Å². The molecule has 3 N–H and O–H groups in total. The van der Waals surface area contributed by atoms with Crippen LogP contribution in [0.1, 0.15) is 58.9 Å². The number of aliphatic hydroxyl groups excluding tert-OH is 1. The van der Waals surface area contributed by atoms with Gasteiger partial charge in [-0.15, -0.1) is 6.58 Å². The smallest absolute Gasteiger partial charge is 0.183 e. The Balaban J connectivity index is 0.000000643. The van der Waals surface area contributed by atoms with Gasteiger partial charge in [0, 0.05) is 18.8 Å². The summed E-state index contributed by atoms with van der Waals surface area (Å²) in [6.45, 7) is 16.6. The van der Waals surface area contributed by atoms with Crippen molar-refractivity contribution in [3.63, 3.8) is 0 Å². The number of hydrogen-bond acceptors (Lipinski definition) is 5. The maximum Gasteiger partial charge on any atom is 0.183 e. The number of aromatic nitrogens is 1. The van der Waals surface area contributed by atoms with E-state index in [4.69, 9.17) is 5.11 Å². The van der Waals surface area contributed by atoms with Gasteiger partial charge in [0.15, 0.2) is 5.13 Å². The number of benzene rings is 2. The van der Waals surface area contributed by atoms with E-state index in [0.717, 1.165) is 36.4 Å². The number of allylic oxidation sites excluding steroid dienone is 1. The predicted molar refractivity (Wildman–Crippen MR) is 153 cm³/mol. The monoisotopic (exact) mass is 481 g/mol. The lowest BCUT2D eigenvalue weighted by atomic mass is 9.89. The molecule has 0 amide bonds. The molecule has 0 saturated heterocycles. The fraction of sp³-hybridized carbons (Fsp3) is 0.414. The molecule has 1 aromatic heterocycles. The predicted octanol–water partition coefficient (Wildman–Crippen LogP) is 8.85. The van der Waals surface area contributed by atoms with E-state index in [9.17, 15) is 0 Å². The molecule has 1 heterocycles. The van der Waals surface area contributed by atoms with Crippen molar-refractivity contribution in [1.29, 1.82) is 0 Å². The van der Waals surface area contributed by atoms with Crippen molar-refractivity contribution in [3.8, 4) is 0 Å². The zero-order chi connectivity index (χ0) is 25.2. The van der Waals surface area contributed by atoms with Crippen molar-refractivity contribution in [2.24, 2.45) is 5.41 Å². The zero-order valence-electron chi connectivity index (χ0n) is 21.4. The molecular weight excluding hydrogens is 438 g/mol. The van der Waals surface area contributed by atoms with Gasteiger partial charge in [0.1, 0.15) is 0 Å². The van der Waals surface area contributed by atoms with Crippen LogP contribution in [0.2, 0.25) is 0 Å². The molecule has 0 aliphatic heterocycles. The van der Waals surface area contributed by atoms with Crippen LogP contribution in [-0.4, -0.2) is 23.2 Å². The highest BCUT2D eigenvalue weighted by Gasteiger charge is 2.28. The number of aliphatic hydroxyl groups is 1. The molecule has 1 aliphatic rings. The van der Waals surface area contributed by atoms with Gasteiger partial charge in [-0.2, -0.15) is 0 Å². The van der Waals surface area contributed by atoms with Gasteiger partial charge in [0.05, 0.1) is 16.5 Å². The van der Waals surface area contributed by atoms with Crippen molar-refractivity contribution >= 4 is 32.4 Å². The number of nitrogens with one attached hydrogen (secondary N) is 2. The largest absolute Gasteiger partial charge is 0.516 e. The molecule has 186 valence electrons. The van der Waals surface area contributed by atoms with E-state index in [1.807, 2.05) is 26.8 Å². The maximum atomic E-state index is 7.33. The second-order valence-electron chi connectivity index (χ2n) is 8.32. The van der Waals surface area contributed by atoms with E-state index >= 15 is 0 Å². The number of para-hydroxylation sites is 1. The summed E-state index contributed by atoms with van der Waals surface area (Å²) in [5.74, 6) is 0. The minimum Gasteiger partial charge on any atom is -0.516 e. The molecule has 1 saturated carbocycles. The highest BCUT2D eigenvalue weighted by atomic mass is 32.1. The van der Waals surface area contributed by atoms with Gasteiger partial charge in [-0.3, -0.25) is 0 Å². The average Bonchev–Trinajstić information content (AvgIpc) is 3.47. The lowest BCUT2D eigenvalue weighted by Crippen LogP contribution is -2.22. The van der Waals surface area contributed by atoms with Gasteiger partial charge in [-0.1, -0.05) is 81.9 Å². The second-order valence-corrected chi connectivity index (χ2v) is 9.35. The number of fused-ring (bicyclic) bond motifs is 1. The Labute approximate surface area is 210 Å². The van der Waals surface area contributed by atoms with Crippen molar-refractivity contribution in [2.75, 3.05) is 23.7 Å². The third kappa shape index (κ3) is 10.4. The van der Waals surface area contributed by atoms with Crippen molar-refractivity contribution in [1.82, 2.24) is 4.98 Å². The normalized spacial score (nSPS) is 13.2. The summed E-state index contributed by atoms with van der Waals surface area (Å²) in [5.41, 5.74) is 4.16. The van der Waals surface area contributed by atoms with Crippen molar-refractivity contribution in [3.05, 3.63) is 79.6 Å². The first-order valence-electron chi connectivity index (χ1n) is 12.3. The fourth-order valence-corrected chi connectivity index (χ4v) is 4.66. The number of hydrogen-bond donors (Lipinski definition) is 3. The molecule has 3 aromatic rings. The molecule has 2 aromatic carbocycles. The quantitative estimate of drug-likeness (QED) is 0.233. The van der Waals surface area contributed by atoms with E-state index in [0.29, 0.717) is 5.41 Å². The molecule has 0 atom stereocenters. The zero-order valence-corrected chi connectivity index (χ0v) is 22.3. The van der Waals surface area contributed by atoms with Crippen LogP contribution in [0.4, 0.5) is 10.8 Å². The fourth-order valence-electron chi connectivity index (χ4n) is 3.77. The van der Waals surface area contributed by atoms with E-state index in [1.165, 1.54) is 41.6 Å². The van der Waals surface area contributed by atoms with E-state index in [-0.39, 0.29) is 0 Å². The number of nitrogens with zero attached hydrogens (tertiary/aromatic N) is 1. The minimum absolute atomic E-state index is 0.486. The molecule has 34 heavy (non-hydrogen) atoms. The Morgan fingerprint density at radius 3 is 2.21 bits per heavy atom. The first kappa shape index (κ1) is 29.2. The summed E-state index contributed by atoms with van der Waals surface area (Å²) < 4.78 is 1.24. The van der Waals surface area contributed by atoms with Crippen LogP contribution in [0, 0.1) is 5.41 Å². The van der Waals surface area contributed by atoms with Crippen LogP contribution in [0.15, 0.2) is 74.0 Å². The van der Waals surface area contributed by atoms with Crippen LogP contribution >= 0.6 is 11.3 Å². The van der Waals surface area contributed by atoms with Crippen LogP contribution < -0.4 is 10.6 Å². The molecule has 4 nitrogen and oxygen atoms in total. The summed E-state index contributed by atoms with van der Waals surface area (Å²) in [6.07, 6.45) is 9.00. The first-order chi connectivity index (χ1) is 16.5. The first-order valence-corrected chi connectivity index (χ1v) is 13.1. The minimum atomic E-state index is 0.486. The molecule has 1 aliphatic carbocycles. The Hall–Kier alpha value is -2.79. The Kier molecular flexibility index (Phi) is 14.4. The van der Waals surface area contributed by atoms with Gasteiger partial charge in [-0.05, 0) is 61.4 Å². The molecule has 0 bridgehead atoms. The van der Waals surface area contributed by atoms with E-state index in [2.05, 4.69) is 78.2 Å². The lowest BCUT2D eigenvalue weighted by Gasteiger charge is -2.24. The van der Waals surface area contributed by atoms with Gasteiger partial charge in [0.25, 0.3) is 0 Å². The maximum absolute atomic E-state index is 7.33. The van der Waals surface area contributed by atoms with Crippen LogP contribution in [0.5, 0.6) is 0 Å². The van der Waals surface area contributed by atoms with Gasteiger partial charge in [-0.25, -0.2) is 4.98 Å². The number of anilines is 2. The molecule has 0 unspecified atom stereocenters. The molecule has 0 spiro atoms. The summed E-state index contributed by atoms with van der Waals surface area (Å²) >= 11 is 1.72. The topological polar surface area (TPSA) is 57.2 Å². The van der Waals surface area contributed by atoms with E-state index < -0.39 is 0 Å². The van der Waals surface area contributed by atoms with Gasteiger partial charge in [0.2, 0.25) is 0 Å². The summed E-state index contributed by atoms with van der Waals surface area (Å²) in [7, 11) is 0. The highest BCUT2D eigenvalue weighted by Crippen LogP contribution is 2.37. The molecule has 1 fully saturated rings. The Morgan fingerprint density at radius 1 is 1.03 bits per heavy atom. The van der Waals surface area contributed by atoms with Crippen molar-refractivity contribution < 1.29 is 5.11 Å². The molecule has 4 rings (SSSR count). The Bertz CT molecular complexity index is 904. The molecular formula is C29H43N3OS. The van der Waals surface area contributed by atoms with E-state index in [1.54, 1.807) is 17.4 Å². The van der Waals surface area contributed by atoms with Gasteiger partial charge < -0.3 is 15.7 Å². The second kappa shape index (κ2) is 16.8. The SMILES string of the molecule is C=CC.C=CO.CC.CC1(CNc2ccc(CCNc3nc4ccccc4s3)cc2)CCCC1. The lowest BCUT2D eigenvalue weighted by molar-refractivity contribution is 0.362. The third-order valence-electron chi connectivity index (χ3n) is 5.47. The Morgan fingerprint density at radius 2 is 1.62 bits per heavy atom. The third-order valence-corrected chi connectivity index (χ3v) is 6.46. The average molecular weight is 482 g/mol. The summed E-state index contributed by atoms with van der Waals surface area (Å²) in [4.78, 5) is 4.62. The summed E-state index contributed by atoms with van der Waals surface area (Å²) in [6, 6.07) is 17.2. The summed E-state index contributed by atoms with van der Waals surface area (Å²) in [5, 5.41) is 15.4. The van der Waals surface area contributed by atoms with Crippen molar-refractivity contribution in [2.45, 2.75) is 59.8 Å². The molecule has 0 radical (unpaired) electrons. The highest BCUT2D eigenvalue weighted by molar-refractivity contribution is 7.22. The van der Waals surface area contributed by atoms with Gasteiger partial charge >= 0.3 is 0 Å². The standard InChI is InChI=1S/C22H27N3S.C3H6.C2H4O.C2H6/c1-22(13-4-5-14-22)16-24-18-10-8-17(9-11-18)12-15-23-21-25-19-6-2-3-7-20(19)26-21;1-3-2;1-2-3;1-2/h2-3,6-11,24H,4-5,12-16H2,1H3,(H,23,25);3H,1H2,2H3;2-3H,1H2;1-2H3. The molecule has 5 heteroatoms. The number of rotatable bonds is 7.